The standard InChI is InChI=1S/C21H17Cl/c1-21(2,19-9-11-20(22)12-10-19)14-13-16-7-8-17-5-3-4-6-18(17)15-16/h3-12,15H,1-2H3. The minimum absolute atomic E-state index is 0.212. The van der Waals surface area contributed by atoms with Crippen LogP contribution in [0.4, 0.5) is 0 Å². The molecule has 0 spiro atoms. The molecule has 0 amide bonds. The quantitative estimate of drug-likeness (QED) is 0.497. The summed E-state index contributed by atoms with van der Waals surface area (Å²) < 4.78 is 0. The fourth-order valence-electron chi connectivity index (χ4n) is 2.43. The molecule has 0 fully saturated rings. The van der Waals surface area contributed by atoms with Gasteiger partial charge in [-0.2, -0.15) is 0 Å². The van der Waals surface area contributed by atoms with Gasteiger partial charge in [0.05, 0.1) is 5.41 Å². The van der Waals surface area contributed by atoms with Crippen molar-refractivity contribution >= 4 is 22.4 Å². The number of halogens is 1. The summed E-state index contributed by atoms with van der Waals surface area (Å²) in [6, 6.07) is 22.6. The second kappa shape index (κ2) is 5.87. The van der Waals surface area contributed by atoms with E-state index in [0.717, 1.165) is 10.6 Å². The molecule has 0 saturated carbocycles. The van der Waals surface area contributed by atoms with Crippen molar-refractivity contribution in [2.24, 2.45) is 0 Å². The summed E-state index contributed by atoms with van der Waals surface area (Å²) in [5, 5.41) is 3.21. The van der Waals surface area contributed by atoms with Gasteiger partial charge in [0.1, 0.15) is 0 Å². The normalized spacial score (nSPS) is 11.0. The molecular weight excluding hydrogens is 288 g/mol. The van der Waals surface area contributed by atoms with Gasteiger partial charge in [-0.1, -0.05) is 65.9 Å². The molecule has 0 aliphatic heterocycles. The molecule has 22 heavy (non-hydrogen) atoms. The molecule has 1 heteroatoms. The molecule has 0 unspecified atom stereocenters. The van der Waals surface area contributed by atoms with Gasteiger partial charge in [0.2, 0.25) is 0 Å². The van der Waals surface area contributed by atoms with Crippen LogP contribution in [0.2, 0.25) is 5.02 Å². The lowest BCUT2D eigenvalue weighted by Gasteiger charge is -2.18. The SMILES string of the molecule is CC(C)(C#Cc1ccc2ccccc2c1)c1ccc(Cl)cc1. The van der Waals surface area contributed by atoms with Gasteiger partial charge < -0.3 is 0 Å². The average Bonchev–Trinajstić information content (AvgIpc) is 2.53. The molecule has 0 atom stereocenters. The first-order valence-corrected chi connectivity index (χ1v) is 7.70. The summed E-state index contributed by atoms with van der Waals surface area (Å²) in [5.41, 5.74) is 2.00. The van der Waals surface area contributed by atoms with E-state index < -0.39 is 0 Å². The van der Waals surface area contributed by atoms with Crippen molar-refractivity contribution in [1.82, 2.24) is 0 Å². The Kier molecular flexibility index (Phi) is 3.92. The molecule has 3 aromatic carbocycles. The van der Waals surface area contributed by atoms with Crippen molar-refractivity contribution in [3.05, 3.63) is 82.9 Å². The fraction of sp³-hybridized carbons (Fsp3) is 0.143. The van der Waals surface area contributed by atoms with E-state index >= 15 is 0 Å². The van der Waals surface area contributed by atoms with Crippen LogP contribution >= 0.6 is 11.6 Å². The van der Waals surface area contributed by atoms with Crippen LogP contribution in [0.1, 0.15) is 25.0 Å². The van der Waals surface area contributed by atoms with Crippen LogP contribution in [-0.4, -0.2) is 0 Å². The van der Waals surface area contributed by atoms with Crippen molar-refractivity contribution in [1.29, 1.82) is 0 Å². The van der Waals surface area contributed by atoms with Gasteiger partial charge in [0.15, 0.2) is 0 Å². The summed E-state index contributed by atoms with van der Waals surface area (Å²) in [7, 11) is 0. The van der Waals surface area contributed by atoms with Crippen molar-refractivity contribution in [3.8, 4) is 11.8 Å². The Morgan fingerprint density at radius 2 is 1.50 bits per heavy atom. The second-order valence-corrected chi connectivity index (χ2v) is 6.38. The molecule has 0 bridgehead atoms. The van der Waals surface area contributed by atoms with Gasteiger partial charge in [0, 0.05) is 10.6 Å². The summed E-state index contributed by atoms with van der Waals surface area (Å²) in [6.07, 6.45) is 0. The van der Waals surface area contributed by atoms with Crippen LogP contribution in [0, 0.1) is 11.8 Å². The van der Waals surface area contributed by atoms with E-state index in [-0.39, 0.29) is 5.41 Å². The highest BCUT2D eigenvalue weighted by atomic mass is 35.5. The third-order valence-corrected chi connectivity index (χ3v) is 4.09. The van der Waals surface area contributed by atoms with E-state index in [4.69, 9.17) is 11.6 Å². The molecule has 0 nitrogen and oxygen atoms in total. The number of benzene rings is 3. The number of hydrogen-bond acceptors (Lipinski definition) is 0. The molecule has 0 saturated heterocycles. The highest BCUT2D eigenvalue weighted by Gasteiger charge is 2.17. The van der Waals surface area contributed by atoms with Crippen molar-refractivity contribution < 1.29 is 0 Å². The molecular formula is C21H17Cl. The molecule has 0 aromatic heterocycles. The zero-order chi connectivity index (χ0) is 15.6. The van der Waals surface area contributed by atoms with Crippen LogP contribution in [0.15, 0.2) is 66.7 Å². The fourth-order valence-corrected chi connectivity index (χ4v) is 2.56. The molecule has 0 heterocycles. The van der Waals surface area contributed by atoms with E-state index in [9.17, 15) is 0 Å². The zero-order valence-corrected chi connectivity index (χ0v) is 13.5. The van der Waals surface area contributed by atoms with Gasteiger partial charge in [-0.3, -0.25) is 0 Å². The van der Waals surface area contributed by atoms with Crippen LogP contribution in [0.25, 0.3) is 10.8 Å². The van der Waals surface area contributed by atoms with Crippen LogP contribution in [0.3, 0.4) is 0 Å². The Morgan fingerprint density at radius 3 is 2.23 bits per heavy atom. The van der Waals surface area contributed by atoms with E-state index in [1.165, 1.54) is 16.3 Å². The topological polar surface area (TPSA) is 0 Å². The predicted octanol–water partition coefficient (Wildman–Crippen LogP) is 5.82. The second-order valence-electron chi connectivity index (χ2n) is 5.94. The molecule has 0 radical (unpaired) electrons. The molecule has 108 valence electrons. The predicted molar refractivity (Wildman–Crippen MR) is 95.3 cm³/mol. The maximum absolute atomic E-state index is 5.95. The molecule has 0 N–H and O–H groups in total. The van der Waals surface area contributed by atoms with Crippen LogP contribution in [-0.2, 0) is 5.41 Å². The van der Waals surface area contributed by atoms with Crippen molar-refractivity contribution in [2.45, 2.75) is 19.3 Å². The smallest absolute Gasteiger partial charge is 0.0510 e. The van der Waals surface area contributed by atoms with Gasteiger partial charge >= 0.3 is 0 Å². The Labute approximate surface area is 136 Å². The zero-order valence-electron chi connectivity index (χ0n) is 12.7. The molecule has 0 aliphatic carbocycles. The first kappa shape index (κ1) is 14.7. The molecule has 3 aromatic rings. The summed E-state index contributed by atoms with van der Waals surface area (Å²) >= 11 is 5.95. The summed E-state index contributed by atoms with van der Waals surface area (Å²) in [6.45, 7) is 4.26. The lowest BCUT2D eigenvalue weighted by Crippen LogP contribution is -2.13. The maximum atomic E-state index is 5.95. The minimum atomic E-state index is -0.212. The number of rotatable bonds is 1. The highest BCUT2D eigenvalue weighted by molar-refractivity contribution is 6.30. The number of fused-ring (bicyclic) bond motifs is 1. The number of hydrogen-bond donors (Lipinski definition) is 0. The van der Waals surface area contributed by atoms with Gasteiger partial charge in [-0.05, 0) is 54.4 Å². The lowest BCUT2D eigenvalue weighted by atomic mass is 9.85. The van der Waals surface area contributed by atoms with Gasteiger partial charge in [-0.15, -0.1) is 0 Å². The van der Waals surface area contributed by atoms with Crippen LogP contribution < -0.4 is 0 Å². The summed E-state index contributed by atoms with van der Waals surface area (Å²) in [4.78, 5) is 0. The minimum Gasteiger partial charge on any atom is -0.0869 e. The monoisotopic (exact) mass is 304 g/mol. The van der Waals surface area contributed by atoms with Gasteiger partial charge in [0.25, 0.3) is 0 Å². The Bertz CT molecular complexity index is 862. The van der Waals surface area contributed by atoms with Crippen LogP contribution in [0.5, 0.6) is 0 Å². The Balaban J connectivity index is 1.93. The Hall–Kier alpha value is -2.23. The molecule has 0 aliphatic rings. The third-order valence-electron chi connectivity index (χ3n) is 3.83. The van der Waals surface area contributed by atoms with E-state index in [0.29, 0.717) is 0 Å². The van der Waals surface area contributed by atoms with Crippen molar-refractivity contribution in [2.75, 3.05) is 0 Å². The van der Waals surface area contributed by atoms with E-state index in [2.05, 4.69) is 68.2 Å². The first-order valence-electron chi connectivity index (χ1n) is 7.33. The van der Waals surface area contributed by atoms with Gasteiger partial charge in [-0.25, -0.2) is 0 Å². The van der Waals surface area contributed by atoms with E-state index in [1.54, 1.807) is 0 Å². The Morgan fingerprint density at radius 1 is 0.818 bits per heavy atom. The first-order chi connectivity index (χ1) is 10.5. The highest BCUT2D eigenvalue weighted by Crippen LogP contribution is 2.24. The van der Waals surface area contributed by atoms with E-state index in [1.807, 2.05) is 24.3 Å². The summed E-state index contributed by atoms with van der Waals surface area (Å²) in [5.74, 6) is 6.69. The largest absolute Gasteiger partial charge is 0.0869 e. The molecule has 3 rings (SSSR count). The average molecular weight is 305 g/mol. The lowest BCUT2D eigenvalue weighted by molar-refractivity contribution is 0.698. The van der Waals surface area contributed by atoms with Crippen molar-refractivity contribution in [3.63, 3.8) is 0 Å². The third kappa shape index (κ3) is 3.16. The maximum Gasteiger partial charge on any atom is 0.0510 e.